The summed E-state index contributed by atoms with van der Waals surface area (Å²) in [4.78, 5) is 6.97. The third kappa shape index (κ3) is 5.16. The predicted molar refractivity (Wildman–Crippen MR) is 122 cm³/mol. The Kier molecular flexibility index (Phi) is 6.37. The quantitative estimate of drug-likeness (QED) is 0.636. The van der Waals surface area contributed by atoms with Crippen LogP contribution in [0.3, 0.4) is 0 Å². The van der Waals surface area contributed by atoms with Crippen molar-refractivity contribution in [2.45, 2.75) is 65.3 Å². The smallest absolute Gasteiger partial charge is 0.185 e. The van der Waals surface area contributed by atoms with E-state index in [0.717, 1.165) is 54.0 Å². The lowest BCUT2D eigenvalue weighted by Crippen LogP contribution is -2.47. The first-order valence-electron chi connectivity index (χ1n) is 11.1. The molecule has 4 rings (SSSR count). The number of aromatic nitrogens is 1. The van der Waals surface area contributed by atoms with E-state index in [9.17, 15) is 0 Å². The summed E-state index contributed by atoms with van der Waals surface area (Å²) in [5.74, 6) is 2.09. The molecule has 0 atom stereocenters. The first-order chi connectivity index (χ1) is 14.3. The molecule has 5 nitrogen and oxygen atoms in total. The van der Waals surface area contributed by atoms with Crippen LogP contribution in [0.1, 0.15) is 52.9 Å². The molecule has 2 N–H and O–H groups in total. The second kappa shape index (κ2) is 8.85. The monoisotopic (exact) mass is 430 g/mol. The normalized spacial score (nSPS) is 22.9. The van der Waals surface area contributed by atoms with Gasteiger partial charge in [0.05, 0.1) is 11.8 Å². The highest BCUT2D eigenvalue weighted by molar-refractivity contribution is 7.14. The number of thiazole rings is 1. The number of hydrogen-bond acceptors (Lipinski definition) is 6. The molecule has 2 heterocycles. The Morgan fingerprint density at radius 1 is 1.10 bits per heavy atom. The number of rotatable bonds is 6. The van der Waals surface area contributed by atoms with Crippen molar-refractivity contribution in [1.29, 1.82) is 0 Å². The molecule has 0 amide bonds. The third-order valence-electron chi connectivity index (χ3n) is 6.62. The van der Waals surface area contributed by atoms with E-state index in [2.05, 4.69) is 55.3 Å². The van der Waals surface area contributed by atoms with Crippen LogP contribution < -0.4 is 9.64 Å². The van der Waals surface area contributed by atoms with Crippen molar-refractivity contribution in [2.24, 2.45) is 17.3 Å². The molecule has 0 unspecified atom stereocenters. The van der Waals surface area contributed by atoms with Crippen LogP contribution in [-0.4, -0.2) is 40.7 Å². The van der Waals surface area contributed by atoms with Crippen molar-refractivity contribution in [3.05, 3.63) is 29.6 Å². The van der Waals surface area contributed by atoms with Crippen LogP contribution in [0.4, 0.5) is 5.13 Å². The molecule has 2 fully saturated rings. The van der Waals surface area contributed by atoms with Gasteiger partial charge in [0.2, 0.25) is 0 Å². The highest BCUT2D eigenvalue weighted by atomic mass is 32.1. The van der Waals surface area contributed by atoms with Gasteiger partial charge in [-0.15, -0.1) is 11.3 Å². The van der Waals surface area contributed by atoms with E-state index in [4.69, 9.17) is 19.9 Å². The average Bonchev–Trinajstić information content (AvgIpc) is 3.14. The highest BCUT2D eigenvalue weighted by Crippen LogP contribution is 2.39. The summed E-state index contributed by atoms with van der Waals surface area (Å²) in [6, 6.07) is 8.31. The van der Waals surface area contributed by atoms with E-state index in [-0.39, 0.29) is 0 Å². The molecule has 1 aromatic carbocycles. The molecule has 1 aliphatic heterocycles. The number of ether oxygens (including phenoxy) is 1. The molecule has 1 saturated heterocycles. The number of benzene rings is 1. The molecule has 2 aliphatic rings. The second-order valence-corrected chi connectivity index (χ2v) is 10.8. The van der Waals surface area contributed by atoms with Crippen LogP contribution in [0, 0.1) is 17.3 Å². The van der Waals surface area contributed by atoms with E-state index >= 15 is 0 Å². The maximum absolute atomic E-state index is 9.08. The lowest BCUT2D eigenvalue weighted by molar-refractivity contribution is -0.0581. The zero-order valence-electron chi connectivity index (χ0n) is 18.3. The number of nitrogens with zero attached hydrogens (tertiary/aromatic N) is 2. The van der Waals surface area contributed by atoms with Crippen molar-refractivity contribution < 1.29 is 14.9 Å². The fourth-order valence-corrected chi connectivity index (χ4v) is 5.51. The van der Waals surface area contributed by atoms with E-state index in [1.54, 1.807) is 11.3 Å². The summed E-state index contributed by atoms with van der Waals surface area (Å²) >= 11 is 1.64. The molecule has 1 aromatic heterocycles. The van der Waals surface area contributed by atoms with Gasteiger partial charge in [-0.3, -0.25) is 0 Å². The molecule has 2 aromatic rings. The second-order valence-electron chi connectivity index (χ2n) is 9.98. The van der Waals surface area contributed by atoms with E-state index in [1.807, 2.05) is 0 Å². The molecular weight excluding hydrogens is 396 g/mol. The largest absolute Gasteiger partial charge is 0.490 e. The number of anilines is 1. The summed E-state index contributed by atoms with van der Waals surface area (Å²) in [5, 5.41) is 21.3. The first-order valence-corrected chi connectivity index (χ1v) is 12.0. The Morgan fingerprint density at radius 3 is 2.37 bits per heavy atom. The molecule has 0 spiro atoms. The SMILES string of the molecule is CC(C)(C)C1CCC(Oc2ccc(-c3csc(N4CC(CC(O)O)C4)n3)cc2)CC1. The minimum Gasteiger partial charge on any atom is -0.490 e. The molecule has 1 saturated carbocycles. The molecule has 0 radical (unpaired) electrons. The van der Waals surface area contributed by atoms with Crippen molar-refractivity contribution >= 4 is 16.5 Å². The van der Waals surface area contributed by atoms with Crippen molar-refractivity contribution in [1.82, 2.24) is 4.98 Å². The highest BCUT2D eigenvalue weighted by Gasteiger charge is 2.31. The summed E-state index contributed by atoms with van der Waals surface area (Å²) in [7, 11) is 0. The van der Waals surface area contributed by atoms with Crippen LogP contribution in [0.5, 0.6) is 5.75 Å². The summed E-state index contributed by atoms with van der Waals surface area (Å²) < 4.78 is 6.25. The van der Waals surface area contributed by atoms with Gasteiger partial charge in [-0.05, 0) is 67.2 Å². The Hall–Kier alpha value is -1.63. The third-order valence-corrected chi connectivity index (χ3v) is 7.52. The van der Waals surface area contributed by atoms with Crippen LogP contribution in [0.15, 0.2) is 29.6 Å². The van der Waals surface area contributed by atoms with Crippen LogP contribution in [0.25, 0.3) is 11.3 Å². The fraction of sp³-hybridized carbons (Fsp3) is 0.625. The van der Waals surface area contributed by atoms with Crippen molar-refractivity contribution in [3.63, 3.8) is 0 Å². The van der Waals surface area contributed by atoms with Crippen LogP contribution in [-0.2, 0) is 0 Å². The predicted octanol–water partition coefficient (Wildman–Crippen LogP) is 4.93. The number of aliphatic hydroxyl groups is 2. The lowest BCUT2D eigenvalue weighted by Gasteiger charge is -2.39. The van der Waals surface area contributed by atoms with Gasteiger partial charge in [0.25, 0.3) is 0 Å². The fourth-order valence-electron chi connectivity index (χ4n) is 4.66. The standard InChI is InChI=1S/C24H34N2O3S/c1-24(2,3)18-6-10-20(11-7-18)29-19-8-4-17(5-9-19)21-15-30-23(25-21)26-13-16(14-26)12-22(27)28/h4-5,8-9,15-16,18,20,22,27-28H,6-7,10-14H2,1-3H3. The van der Waals surface area contributed by atoms with Gasteiger partial charge in [-0.1, -0.05) is 20.8 Å². The molecule has 0 bridgehead atoms. The molecule has 30 heavy (non-hydrogen) atoms. The van der Waals surface area contributed by atoms with Gasteiger partial charge in [-0.25, -0.2) is 4.98 Å². The molecule has 1 aliphatic carbocycles. The zero-order chi connectivity index (χ0) is 21.3. The van der Waals surface area contributed by atoms with Gasteiger partial charge in [0, 0.05) is 30.5 Å². The van der Waals surface area contributed by atoms with Crippen molar-refractivity contribution in [3.8, 4) is 17.0 Å². The maximum atomic E-state index is 9.08. The van der Waals surface area contributed by atoms with Crippen molar-refractivity contribution in [2.75, 3.05) is 18.0 Å². The van der Waals surface area contributed by atoms with Gasteiger partial charge in [0.1, 0.15) is 5.75 Å². The minimum absolute atomic E-state index is 0.331. The summed E-state index contributed by atoms with van der Waals surface area (Å²) in [5.41, 5.74) is 2.48. The summed E-state index contributed by atoms with van der Waals surface area (Å²) in [6.07, 6.45) is 4.35. The van der Waals surface area contributed by atoms with E-state index < -0.39 is 6.29 Å². The number of aliphatic hydroxyl groups excluding tert-OH is 1. The first kappa shape index (κ1) is 21.6. The zero-order valence-corrected chi connectivity index (χ0v) is 19.1. The van der Waals surface area contributed by atoms with Crippen LogP contribution in [0.2, 0.25) is 0 Å². The van der Waals surface area contributed by atoms with Gasteiger partial charge in [-0.2, -0.15) is 0 Å². The molecular formula is C24H34N2O3S. The average molecular weight is 431 g/mol. The Balaban J connectivity index is 1.29. The van der Waals surface area contributed by atoms with Gasteiger partial charge >= 0.3 is 0 Å². The summed E-state index contributed by atoms with van der Waals surface area (Å²) in [6.45, 7) is 8.73. The minimum atomic E-state index is -1.21. The van der Waals surface area contributed by atoms with Crippen LogP contribution >= 0.6 is 11.3 Å². The Labute approximate surface area is 183 Å². The Morgan fingerprint density at radius 2 is 1.77 bits per heavy atom. The lowest BCUT2D eigenvalue weighted by atomic mass is 9.72. The Bertz CT molecular complexity index is 814. The van der Waals surface area contributed by atoms with Gasteiger partial charge in [0.15, 0.2) is 11.4 Å². The molecule has 164 valence electrons. The topological polar surface area (TPSA) is 65.8 Å². The van der Waals surface area contributed by atoms with E-state index in [1.165, 1.54) is 12.8 Å². The molecule has 6 heteroatoms. The van der Waals surface area contributed by atoms with Gasteiger partial charge < -0.3 is 19.8 Å². The maximum Gasteiger partial charge on any atom is 0.185 e. The number of hydrogen-bond donors (Lipinski definition) is 2. The van der Waals surface area contributed by atoms with E-state index in [0.29, 0.717) is 23.9 Å².